The third-order valence-electron chi connectivity index (χ3n) is 5.14. The van der Waals surface area contributed by atoms with Crippen molar-refractivity contribution in [3.05, 3.63) is 35.4 Å². The van der Waals surface area contributed by atoms with E-state index in [2.05, 4.69) is 60.3 Å². The van der Waals surface area contributed by atoms with E-state index >= 15 is 0 Å². The molecule has 6 heteroatoms. The normalized spacial score (nSPS) is 15.8. The summed E-state index contributed by atoms with van der Waals surface area (Å²) < 4.78 is 5.17. The molecule has 1 heterocycles. The summed E-state index contributed by atoms with van der Waals surface area (Å²) >= 11 is 0. The first-order valence-corrected chi connectivity index (χ1v) is 10.5. The fourth-order valence-corrected chi connectivity index (χ4v) is 3.43. The van der Waals surface area contributed by atoms with Gasteiger partial charge in [0.25, 0.3) is 0 Å². The molecule has 0 amide bonds. The summed E-state index contributed by atoms with van der Waals surface area (Å²) in [6.07, 6.45) is 1.64. The molecule has 28 heavy (non-hydrogen) atoms. The Morgan fingerprint density at radius 3 is 2.61 bits per heavy atom. The number of piperidine rings is 1. The molecule has 1 aliphatic rings. The van der Waals surface area contributed by atoms with Crippen molar-refractivity contribution in [3.63, 3.8) is 0 Å². The molecule has 1 N–H and O–H groups in total. The molecule has 0 spiro atoms. The van der Waals surface area contributed by atoms with Crippen LogP contribution in [-0.2, 0) is 22.6 Å². The average molecular weight is 389 g/mol. The molecule has 0 radical (unpaired) electrons. The summed E-state index contributed by atoms with van der Waals surface area (Å²) in [4.78, 5) is 21.4. The van der Waals surface area contributed by atoms with E-state index in [1.165, 1.54) is 11.1 Å². The van der Waals surface area contributed by atoms with Crippen LogP contribution in [0.5, 0.6) is 0 Å². The van der Waals surface area contributed by atoms with Gasteiger partial charge in [0.05, 0.1) is 19.1 Å². The van der Waals surface area contributed by atoms with E-state index in [-0.39, 0.29) is 11.9 Å². The highest BCUT2D eigenvalue weighted by molar-refractivity contribution is 5.80. The number of aliphatic imine (C=N–C) groups is 1. The number of nitrogens with one attached hydrogen (secondary N) is 1. The van der Waals surface area contributed by atoms with Crippen LogP contribution in [0.15, 0.2) is 29.3 Å². The summed E-state index contributed by atoms with van der Waals surface area (Å²) in [7, 11) is 2.13. The van der Waals surface area contributed by atoms with Gasteiger partial charge in [-0.2, -0.15) is 0 Å². The number of likely N-dealkylation sites (tertiary alicyclic amines) is 1. The number of hydrogen-bond acceptors (Lipinski definition) is 4. The zero-order chi connectivity index (χ0) is 20.4. The second-order valence-electron chi connectivity index (χ2n) is 7.33. The van der Waals surface area contributed by atoms with Crippen LogP contribution in [-0.4, -0.2) is 61.6 Å². The first-order valence-electron chi connectivity index (χ1n) is 10.5. The second-order valence-corrected chi connectivity index (χ2v) is 7.33. The molecule has 0 bridgehead atoms. The molecule has 1 aromatic carbocycles. The van der Waals surface area contributed by atoms with E-state index in [0.29, 0.717) is 13.2 Å². The van der Waals surface area contributed by atoms with Gasteiger partial charge in [-0.05, 0) is 51.4 Å². The minimum atomic E-state index is -0.0575. The fourth-order valence-electron chi connectivity index (χ4n) is 3.43. The van der Waals surface area contributed by atoms with E-state index < -0.39 is 0 Å². The lowest BCUT2D eigenvalue weighted by Gasteiger charge is -2.33. The van der Waals surface area contributed by atoms with Crippen LogP contribution in [0.1, 0.15) is 44.7 Å². The Morgan fingerprint density at radius 2 is 1.96 bits per heavy atom. The summed E-state index contributed by atoms with van der Waals surface area (Å²) in [6, 6.07) is 8.66. The van der Waals surface area contributed by atoms with Crippen molar-refractivity contribution < 1.29 is 9.53 Å². The van der Waals surface area contributed by atoms with Crippen LogP contribution in [0, 0.1) is 5.92 Å². The minimum absolute atomic E-state index is 0.0197. The molecule has 1 saturated heterocycles. The van der Waals surface area contributed by atoms with Gasteiger partial charge in [-0.1, -0.05) is 31.2 Å². The molecule has 2 rings (SSSR count). The van der Waals surface area contributed by atoms with E-state index in [4.69, 9.17) is 9.73 Å². The average Bonchev–Trinajstić information content (AvgIpc) is 2.71. The molecule has 6 nitrogen and oxygen atoms in total. The monoisotopic (exact) mass is 388 g/mol. The van der Waals surface area contributed by atoms with E-state index in [0.717, 1.165) is 51.5 Å². The lowest BCUT2D eigenvalue weighted by atomic mass is 9.97. The van der Waals surface area contributed by atoms with Crippen LogP contribution in [0.25, 0.3) is 0 Å². The molecule has 0 unspecified atom stereocenters. The Bertz CT molecular complexity index is 639. The van der Waals surface area contributed by atoms with Gasteiger partial charge in [-0.15, -0.1) is 0 Å². The molecule has 1 fully saturated rings. The number of esters is 1. The largest absolute Gasteiger partial charge is 0.466 e. The van der Waals surface area contributed by atoms with Crippen molar-refractivity contribution in [3.8, 4) is 0 Å². The number of ether oxygens (including phenoxy) is 1. The topological polar surface area (TPSA) is 57.2 Å². The standard InChI is InChI=1S/C22H36N4O2/c1-5-23-22(26-13-11-20(12-14-26)21(27)28-7-3)24-16-18-9-8-10-19(15-18)17-25(4)6-2/h8-10,15,20H,5-7,11-14,16-17H2,1-4H3,(H,23,24). The highest BCUT2D eigenvalue weighted by atomic mass is 16.5. The molecule has 1 aromatic rings. The maximum Gasteiger partial charge on any atom is 0.309 e. The van der Waals surface area contributed by atoms with Crippen molar-refractivity contribution in [2.24, 2.45) is 10.9 Å². The number of rotatable bonds is 8. The van der Waals surface area contributed by atoms with Crippen molar-refractivity contribution in [2.75, 3.05) is 39.8 Å². The smallest absolute Gasteiger partial charge is 0.309 e. The maximum absolute atomic E-state index is 12.0. The van der Waals surface area contributed by atoms with Gasteiger partial charge >= 0.3 is 5.97 Å². The number of guanidine groups is 1. The predicted octanol–water partition coefficient (Wildman–Crippen LogP) is 2.88. The van der Waals surface area contributed by atoms with Gasteiger partial charge in [-0.3, -0.25) is 4.79 Å². The third kappa shape index (κ3) is 6.82. The van der Waals surface area contributed by atoms with Crippen LogP contribution in [0.3, 0.4) is 0 Å². The van der Waals surface area contributed by atoms with Crippen molar-refractivity contribution in [2.45, 2.75) is 46.7 Å². The number of nitrogens with zero attached hydrogens (tertiary/aromatic N) is 3. The summed E-state index contributed by atoms with van der Waals surface area (Å²) in [5.74, 6) is 0.894. The van der Waals surface area contributed by atoms with Gasteiger partial charge in [0.2, 0.25) is 0 Å². The Labute approximate surface area is 170 Å². The highest BCUT2D eigenvalue weighted by Crippen LogP contribution is 2.19. The predicted molar refractivity (Wildman–Crippen MR) is 114 cm³/mol. The van der Waals surface area contributed by atoms with Crippen LogP contribution in [0.4, 0.5) is 0 Å². The van der Waals surface area contributed by atoms with E-state index in [1.807, 2.05) is 6.92 Å². The van der Waals surface area contributed by atoms with Gasteiger partial charge in [-0.25, -0.2) is 4.99 Å². The van der Waals surface area contributed by atoms with Gasteiger partial charge in [0, 0.05) is 26.2 Å². The zero-order valence-electron chi connectivity index (χ0n) is 17.9. The third-order valence-corrected chi connectivity index (χ3v) is 5.14. The Morgan fingerprint density at radius 1 is 1.25 bits per heavy atom. The Balaban J connectivity index is 1.97. The summed E-state index contributed by atoms with van der Waals surface area (Å²) in [5.41, 5.74) is 2.54. The molecular weight excluding hydrogens is 352 g/mol. The Kier molecular flexibility index (Phi) is 9.28. The van der Waals surface area contributed by atoms with Gasteiger partial charge in [0.15, 0.2) is 5.96 Å². The molecule has 0 aromatic heterocycles. The Hall–Kier alpha value is -2.08. The zero-order valence-corrected chi connectivity index (χ0v) is 17.9. The van der Waals surface area contributed by atoms with Crippen molar-refractivity contribution >= 4 is 11.9 Å². The number of hydrogen-bond donors (Lipinski definition) is 1. The summed E-state index contributed by atoms with van der Waals surface area (Å²) in [5, 5.41) is 3.40. The minimum Gasteiger partial charge on any atom is -0.466 e. The molecule has 1 aliphatic heterocycles. The molecular formula is C22H36N4O2. The van der Waals surface area contributed by atoms with Crippen LogP contribution in [0.2, 0.25) is 0 Å². The van der Waals surface area contributed by atoms with Crippen LogP contribution < -0.4 is 5.32 Å². The summed E-state index contributed by atoms with van der Waals surface area (Å²) in [6.45, 7) is 11.7. The SMILES string of the molecule is CCNC(=NCc1cccc(CN(C)CC)c1)N1CCC(C(=O)OCC)CC1. The van der Waals surface area contributed by atoms with E-state index in [9.17, 15) is 4.79 Å². The molecule has 0 atom stereocenters. The van der Waals surface area contributed by atoms with Gasteiger partial charge in [0.1, 0.15) is 0 Å². The molecule has 0 aliphatic carbocycles. The quantitative estimate of drug-likeness (QED) is 0.422. The molecule has 0 saturated carbocycles. The molecule has 156 valence electrons. The van der Waals surface area contributed by atoms with Gasteiger partial charge < -0.3 is 19.9 Å². The van der Waals surface area contributed by atoms with Crippen molar-refractivity contribution in [1.82, 2.24) is 15.1 Å². The van der Waals surface area contributed by atoms with Crippen LogP contribution >= 0.6 is 0 Å². The lowest BCUT2D eigenvalue weighted by Crippen LogP contribution is -2.46. The van der Waals surface area contributed by atoms with E-state index in [1.54, 1.807) is 0 Å². The first-order chi connectivity index (χ1) is 13.6. The van der Waals surface area contributed by atoms with Crippen molar-refractivity contribution in [1.29, 1.82) is 0 Å². The maximum atomic E-state index is 12.0. The number of carbonyl (C=O) groups excluding carboxylic acids is 1. The number of benzene rings is 1. The highest BCUT2D eigenvalue weighted by Gasteiger charge is 2.27. The fraction of sp³-hybridized carbons (Fsp3) is 0.636. The second kappa shape index (κ2) is 11.7. The first kappa shape index (κ1) is 22.2. The number of carbonyl (C=O) groups is 1. The lowest BCUT2D eigenvalue weighted by molar-refractivity contribution is -0.149.